The average molecular weight is 279 g/mol. The van der Waals surface area contributed by atoms with Crippen LogP contribution in [0.5, 0.6) is 0 Å². The van der Waals surface area contributed by atoms with Gasteiger partial charge in [0.15, 0.2) is 0 Å². The summed E-state index contributed by atoms with van der Waals surface area (Å²) in [6.07, 6.45) is 1.69. The van der Waals surface area contributed by atoms with Gasteiger partial charge in [-0.15, -0.1) is 0 Å². The molecule has 0 radical (unpaired) electrons. The second kappa shape index (κ2) is 4.70. The molecule has 0 aliphatic carbocycles. The van der Waals surface area contributed by atoms with E-state index in [1.54, 1.807) is 24.4 Å². The van der Waals surface area contributed by atoms with Gasteiger partial charge in [0.2, 0.25) is 0 Å². The minimum absolute atomic E-state index is 0.0978. The van der Waals surface area contributed by atoms with Crippen molar-refractivity contribution >= 4 is 17.3 Å². The van der Waals surface area contributed by atoms with Crippen LogP contribution in [0.25, 0.3) is 11.3 Å². The molecule has 1 N–H and O–H groups in total. The van der Waals surface area contributed by atoms with Crippen LogP contribution >= 0.6 is 11.6 Å². The molecule has 0 aliphatic rings. The maximum atomic E-state index is 11.4. The summed E-state index contributed by atoms with van der Waals surface area (Å²) in [5, 5.41) is 11.9. The third-order valence-electron chi connectivity index (χ3n) is 2.99. The lowest BCUT2D eigenvalue weighted by atomic mass is 9.87. The number of hydrogen-bond donors (Lipinski definition) is 1. The summed E-state index contributed by atoms with van der Waals surface area (Å²) in [4.78, 5) is 14.0. The van der Waals surface area contributed by atoms with E-state index in [-0.39, 0.29) is 16.0 Å². The number of H-pyrrole nitrogens is 1. The summed E-state index contributed by atoms with van der Waals surface area (Å²) in [5.74, 6) is 0. The molecule has 0 spiro atoms. The van der Waals surface area contributed by atoms with E-state index in [2.05, 4.69) is 4.98 Å². The van der Waals surface area contributed by atoms with Gasteiger partial charge in [0.25, 0.3) is 5.69 Å². The van der Waals surface area contributed by atoms with Crippen LogP contribution in [0, 0.1) is 10.1 Å². The van der Waals surface area contributed by atoms with Crippen molar-refractivity contribution in [3.8, 4) is 11.3 Å². The molecule has 0 saturated carbocycles. The molecule has 0 unspecified atom stereocenters. The number of halogens is 1. The Kier molecular flexibility index (Phi) is 3.37. The van der Waals surface area contributed by atoms with E-state index in [0.717, 1.165) is 0 Å². The molecule has 1 heterocycles. The SMILES string of the molecule is CC(C)(C)c1c[nH]c(-c2ccccc2Cl)c1[N+](=O)[O-]. The first-order valence-corrected chi connectivity index (χ1v) is 6.31. The quantitative estimate of drug-likeness (QED) is 0.647. The predicted octanol–water partition coefficient (Wildman–Crippen LogP) is 4.54. The van der Waals surface area contributed by atoms with Gasteiger partial charge >= 0.3 is 0 Å². The smallest absolute Gasteiger partial charge is 0.298 e. The summed E-state index contributed by atoms with van der Waals surface area (Å²) in [7, 11) is 0. The van der Waals surface area contributed by atoms with E-state index in [1.807, 2.05) is 26.8 Å². The number of aromatic amines is 1. The third kappa shape index (κ3) is 2.49. The number of benzene rings is 1. The van der Waals surface area contributed by atoms with E-state index in [9.17, 15) is 10.1 Å². The fourth-order valence-electron chi connectivity index (χ4n) is 2.05. The summed E-state index contributed by atoms with van der Waals surface area (Å²) in [5.41, 5.74) is 1.57. The predicted molar refractivity (Wildman–Crippen MR) is 76.6 cm³/mol. The number of nitrogens with one attached hydrogen (secondary N) is 1. The number of rotatable bonds is 2. The highest BCUT2D eigenvalue weighted by molar-refractivity contribution is 6.33. The molecule has 0 fully saturated rings. The highest BCUT2D eigenvalue weighted by Crippen LogP contribution is 2.40. The Morgan fingerprint density at radius 1 is 1.26 bits per heavy atom. The summed E-state index contributed by atoms with van der Waals surface area (Å²) < 4.78 is 0. The maximum absolute atomic E-state index is 11.4. The Balaban J connectivity index is 2.70. The fourth-order valence-corrected chi connectivity index (χ4v) is 2.28. The largest absolute Gasteiger partial charge is 0.355 e. The number of nitrogens with zero attached hydrogens (tertiary/aromatic N) is 1. The molecule has 1 aromatic heterocycles. The molecular weight excluding hydrogens is 264 g/mol. The molecule has 0 atom stereocenters. The Hall–Kier alpha value is -1.81. The van der Waals surface area contributed by atoms with E-state index in [4.69, 9.17) is 11.6 Å². The monoisotopic (exact) mass is 278 g/mol. The van der Waals surface area contributed by atoms with Crippen LogP contribution < -0.4 is 0 Å². The van der Waals surface area contributed by atoms with Gasteiger partial charge in [0.05, 0.1) is 15.5 Å². The molecule has 100 valence electrons. The lowest BCUT2D eigenvalue weighted by Crippen LogP contribution is -2.12. The standard InChI is InChI=1S/C14H15ClN2O2/c1-14(2,3)10-8-16-12(13(10)17(18)19)9-6-4-5-7-11(9)15/h4-8,16H,1-3H3. The van der Waals surface area contributed by atoms with Crippen LogP contribution in [0.3, 0.4) is 0 Å². The Morgan fingerprint density at radius 2 is 1.89 bits per heavy atom. The average Bonchev–Trinajstić information content (AvgIpc) is 2.73. The molecule has 0 aliphatic heterocycles. The molecule has 0 amide bonds. The van der Waals surface area contributed by atoms with Gasteiger partial charge in [-0.3, -0.25) is 10.1 Å². The normalized spacial score (nSPS) is 11.6. The molecule has 4 nitrogen and oxygen atoms in total. The minimum Gasteiger partial charge on any atom is -0.355 e. The van der Waals surface area contributed by atoms with Gasteiger partial charge in [0.1, 0.15) is 5.69 Å². The number of aromatic nitrogens is 1. The van der Waals surface area contributed by atoms with Crippen molar-refractivity contribution in [2.45, 2.75) is 26.2 Å². The van der Waals surface area contributed by atoms with E-state index in [0.29, 0.717) is 21.8 Å². The zero-order valence-corrected chi connectivity index (χ0v) is 11.8. The van der Waals surface area contributed by atoms with Crippen LogP contribution in [-0.4, -0.2) is 9.91 Å². The first-order chi connectivity index (χ1) is 8.82. The second-order valence-corrected chi connectivity index (χ2v) is 5.82. The van der Waals surface area contributed by atoms with Crippen molar-refractivity contribution < 1.29 is 4.92 Å². The molecule has 5 heteroatoms. The fraction of sp³-hybridized carbons (Fsp3) is 0.286. The third-order valence-corrected chi connectivity index (χ3v) is 3.32. The van der Waals surface area contributed by atoms with Crippen molar-refractivity contribution in [2.75, 3.05) is 0 Å². The summed E-state index contributed by atoms with van der Waals surface area (Å²) in [6, 6.07) is 7.10. The van der Waals surface area contributed by atoms with Gasteiger partial charge in [-0.25, -0.2) is 0 Å². The van der Waals surface area contributed by atoms with Crippen LogP contribution in [-0.2, 0) is 5.41 Å². The van der Waals surface area contributed by atoms with E-state index >= 15 is 0 Å². The van der Waals surface area contributed by atoms with Crippen LogP contribution in [0.2, 0.25) is 5.02 Å². The molecular formula is C14H15ClN2O2. The minimum atomic E-state index is -0.351. The zero-order chi connectivity index (χ0) is 14.2. The lowest BCUT2D eigenvalue weighted by molar-refractivity contribution is -0.385. The van der Waals surface area contributed by atoms with Crippen molar-refractivity contribution in [1.29, 1.82) is 0 Å². The number of nitro groups is 1. The van der Waals surface area contributed by atoms with Crippen molar-refractivity contribution in [1.82, 2.24) is 4.98 Å². The van der Waals surface area contributed by atoms with Gasteiger partial charge in [0, 0.05) is 11.8 Å². The molecule has 0 bridgehead atoms. The summed E-state index contributed by atoms with van der Waals surface area (Å²) >= 11 is 6.12. The van der Waals surface area contributed by atoms with E-state index in [1.165, 1.54) is 0 Å². The Bertz CT molecular complexity index is 627. The number of hydrogen-bond acceptors (Lipinski definition) is 2. The highest BCUT2D eigenvalue weighted by Gasteiger charge is 2.31. The summed E-state index contributed by atoms with van der Waals surface area (Å²) in [6.45, 7) is 5.83. The van der Waals surface area contributed by atoms with Crippen molar-refractivity contribution in [2.24, 2.45) is 0 Å². The van der Waals surface area contributed by atoms with Gasteiger partial charge < -0.3 is 4.98 Å². The Labute approximate surface area is 116 Å². The molecule has 1 aromatic carbocycles. The van der Waals surface area contributed by atoms with Crippen molar-refractivity contribution in [3.05, 3.63) is 51.2 Å². The molecule has 0 saturated heterocycles. The van der Waals surface area contributed by atoms with Crippen LogP contribution in [0.1, 0.15) is 26.3 Å². The van der Waals surface area contributed by atoms with Gasteiger partial charge in [-0.1, -0.05) is 50.6 Å². The van der Waals surface area contributed by atoms with E-state index < -0.39 is 0 Å². The van der Waals surface area contributed by atoms with Crippen LogP contribution in [0.15, 0.2) is 30.5 Å². The molecule has 2 aromatic rings. The van der Waals surface area contributed by atoms with Gasteiger partial charge in [-0.05, 0) is 11.5 Å². The van der Waals surface area contributed by atoms with Gasteiger partial charge in [-0.2, -0.15) is 0 Å². The topological polar surface area (TPSA) is 58.9 Å². The molecule has 19 heavy (non-hydrogen) atoms. The highest BCUT2D eigenvalue weighted by atomic mass is 35.5. The Morgan fingerprint density at radius 3 is 2.42 bits per heavy atom. The lowest BCUT2D eigenvalue weighted by Gasteiger charge is -2.15. The maximum Gasteiger partial charge on any atom is 0.298 e. The van der Waals surface area contributed by atoms with Crippen molar-refractivity contribution in [3.63, 3.8) is 0 Å². The first kappa shape index (κ1) is 13.6. The molecule has 2 rings (SSSR count). The van der Waals surface area contributed by atoms with Crippen LogP contribution in [0.4, 0.5) is 5.69 Å². The second-order valence-electron chi connectivity index (χ2n) is 5.41. The zero-order valence-electron chi connectivity index (χ0n) is 11.0. The first-order valence-electron chi connectivity index (χ1n) is 5.93.